The van der Waals surface area contributed by atoms with E-state index in [2.05, 4.69) is 29.4 Å². The maximum atomic E-state index is 13.9. The van der Waals surface area contributed by atoms with Gasteiger partial charge in [0.25, 0.3) is 5.91 Å². The number of para-hydroxylation sites is 1. The van der Waals surface area contributed by atoms with Crippen LogP contribution < -0.4 is 5.32 Å². The molecule has 2 N–H and O–H groups in total. The molecule has 1 aliphatic heterocycles. The van der Waals surface area contributed by atoms with Crippen LogP contribution in [0.3, 0.4) is 0 Å². The zero-order valence-corrected chi connectivity index (χ0v) is 20.5. The predicted molar refractivity (Wildman–Crippen MR) is 136 cm³/mol. The third-order valence-corrected chi connectivity index (χ3v) is 9.44. The van der Waals surface area contributed by atoms with Crippen LogP contribution >= 0.6 is 0 Å². The molecule has 5 aliphatic rings. The number of carbonyl (C=O) groups is 2. The lowest BCUT2D eigenvalue weighted by molar-refractivity contribution is -0.131. The molecule has 2 atom stereocenters. The van der Waals surface area contributed by atoms with Crippen LogP contribution in [0.1, 0.15) is 78.7 Å². The van der Waals surface area contributed by atoms with Gasteiger partial charge in [0.2, 0.25) is 5.91 Å². The normalized spacial score (nSPS) is 31.7. The van der Waals surface area contributed by atoms with E-state index >= 15 is 0 Å². The van der Waals surface area contributed by atoms with E-state index in [1.807, 2.05) is 48.2 Å². The van der Waals surface area contributed by atoms with Crippen molar-refractivity contribution in [2.45, 2.75) is 70.0 Å². The number of fused-ring (bicyclic) bond motifs is 2. The van der Waals surface area contributed by atoms with Crippen LogP contribution in [0.15, 0.2) is 48.5 Å². The second-order valence-corrected chi connectivity index (χ2v) is 11.8. The van der Waals surface area contributed by atoms with Gasteiger partial charge in [-0.2, -0.15) is 0 Å². The minimum Gasteiger partial charge on any atom is -0.358 e. The van der Waals surface area contributed by atoms with E-state index in [1.54, 1.807) is 0 Å². The van der Waals surface area contributed by atoms with E-state index < -0.39 is 6.04 Å². The van der Waals surface area contributed by atoms with Crippen LogP contribution in [-0.4, -0.2) is 33.3 Å². The first kappa shape index (κ1) is 21.2. The van der Waals surface area contributed by atoms with Crippen LogP contribution in [0.4, 0.5) is 0 Å². The molecule has 5 heteroatoms. The Balaban J connectivity index is 1.26. The molecular formula is C30H33N3O2. The Bertz CT molecular complexity index is 1320. The van der Waals surface area contributed by atoms with Gasteiger partial charge >= 0.3 is 0 Å². The molecule has 2 amide bonds. The van der Waals surface area contributed by atoms with Gasteiger partial charge in [0, 0.05) is 33.3 Å². The van der Waals surface area contributed by atoms with Gasteiger partial charge in [-0.05, 0) is 87.8 Å². The second kappa shape index (κ2) is 7.46. The van der Waals surface area contributed by atoms with Crippen molar-refractivity contribution in [3.05, 3.63) is 70.9 Å². The highest BCUT2D eigenvalue weighted by molar-refractivity contribution is 6.03. The van der Waals surface area contributed by atoms with Crippen LogP contribution in [0.5, 0.6) is 0 Å². The highest BCUT2D eigenvalue weighted by atomic mass is 16.2. The van der Waals surface area contributed by atoms with Crippen molar-refractivity contribution in [3.8, 4) is 0 Å². The molecular weight excluding hydrogens is 434 g/mol. The molecule has 5 nitrogen and oxygen atoms in total. The number of amides is 2. The Morgan fingerprint density at radius 1 is 1.00 bits per heavy atom. The Morgan fingerprint density at radius 2 is 1.63 bits per heavy atom. The lowest BCUT2D eigenvalue weighted by Gasteiger charge is -2.57. The Labute approximate surface area is 206 Å². The number of hydrogen-bond donors (Lipinski definition) is 2. The number of aromatic amines is 1. The van der Waals surface area contributed by atoms with E-state index in [9.17, 15) is 9.59 Å². The number of carbonyl (C=O) groups excluding carboxylic acids is 2. The summed E-state index contributed by atoms with van der Waals surface area (Å²) in [5.74, 6) is 2.22. The molecule has 4 fully saturated rings. The first-order valence-electron chi connectivity index (χ1n) is 13.2. The molecule has 0 spiro atoms. The molecule has 8 rings (SSSR count). The van der Waals surface area contributed by atoms with E-state index in [-0.39, 0.29) is 23.4 Å². The van der Waals surface area contributed by atoms with Gasteiger partial charge in [-0.3, -0.25) is 9.59 Å². The summed E-state index contributed by atoms with van der Waals surface area (Å²) in [6.45, 7) is 3.98. The molecule has 4 bridgehead atoms. The molecule has 0 saturated heterocycles. The molecule has 2 aromatic carbocycles. The topological polar surface area (TPSA) is 65.2 Å². The third-order valence-electron chi connectivity index (χ3n) is 9.44. The van der Waals surface area contributed by atoms with Crippen LogP contribution in [-0.2, 0) is 4.79 Å². The number of nitrogens with zero attached hydrogens (tertiary/aromatic N) is 1. The van der Waals surface area contributed by atoms with Gasteiger partial charge in [0.05, 0.1) is 6.04 Å². The lowest BCUT2D eigenvalue weighted by atomic mass is 9.53. The Hall–Kier alpha value is -3.08. The number of hydrogen-bond acceptors (Lipinski definition) is 2. The molecule has 2 unspecified atom stereocenters. The van der Waals surface area contributed by atoms with Gasteiger partial charge < -0.3 is 15.2 Å². The third kappa shape index (κ3) is 3.13. The highest BCUT2D eigenvalue weighted by Gasteiger charge is 2.52. The molecule has 1 aromatic heterocycles. The number of benzene rings is 2. The zero-order chi connectivity index (χ0) is 23.9. The van der Waals surface area contributed by atoms with Crippen molar-refractivity contribution in [1.29, 1.82) is 0 Å². The monoisotopic (exact) mass is 467 g/mol. The quantitative estimate of drug-likeness (QED) is 0.533. The van der Waals surface area contributed by atoms with Gasteiger partial charge in [-0.15, -0.1) is 0 Å². The smallest absolute Gasteiger partial charge is 0.255 e. The Morgan fingerprint density at radius 3 is 2.34 bits per heavy atom. The SMILES string of the molecule is Cc1[nH]c2ccccc2c1C1c2ccccc2C(=O)N1C(C)C(=O)NC12CC3CC(CC(C3)C1)C2. The number of nitrogens with one attached hydrogen (secondary N) is 2. The molecule has 180 valence electrons. The average Bonchev–Trinajstić information content (AvgIpc) is 3.30. The summed E-state index contributed by atoms with van der Waals surface area (Å²) >= 11 is 0. The largest absolute Gasteiger partial charge is 0.358 e. The average molecular weight is 468 g/mol. The standard InChI is InChI=1S/C30H33N3O2/c1-17-26(24-9-5-6-10-25(24)31-17)27-22-7-3-4-8-23(22)29(35)33(27)18(2)28(34)32-30-14-19-11-20(15-30)13-21(12-19)16-30/h3-10,18-21,27,31H,11-16H2,1-2H3,(H,32,34). The second-order valence-electron chi connectivity index (χ2n) is 11.8. The van der Waals surface area contributed by atoms with Crippen molar-refractivity contribution >= 4 is 22.7 Å². The van der Waals surface area contributed by atoms with Gasteiger partial charge in [0.15, 0.2) is 0 Å². The van der Waals surface area contributed by atoms with Crippen molar-refractivity contribution in [3.63, 3.8) is 0 Å². The van der Waals surface area contributed by atoms with Crippen molar-refractivity contribution in [2.75, 3.05) is 0 Å². The minimum absolute atomic E-state index is 0.00407. The van der Waals surface area contributed by atoms with E-state index in [0.717, 1.165) is 64.7 Å². The number of rotatable bonds is 4. The summed E-state index contributed by atoms with van der Waals surface area (Å²) in [4.78, 5) is 33.0. The van der Waals surface area contributed by atoms with Gasteiger partial charge in [-0.1, -0.05) is 36.4 Å². The maximum Gasteiger partial charge on any atom is 0.255 e. The first-order chi connectivity index (χ1) is 16.9. The molecule has 0 radical (unpaired) electrons. The Kier molecular flexibility index (Phi) is 4.52. The number of H-pyrrole nitrogens is 1. The summed E-state index contributed by atoms with van der Waals surface area (Å²) in [6, 6.07) is 15.3. The van der Waals surface area contributed by atoms with E-state index in [4.69, 9.17) is 0 Å². The summed E-state index contributed by atoms with van der Waals surface area (Å²) < 4.78 is 0. The zero-order valence-electron chi connectivity index (χ0n) is 20.5. The minimum atomic E-state index is -0.555. The van der Waals surface area contributed by atoms with Crippen molar-refractivity contribution < 1.29 is 9.59 Å². The van der Waals surface area contributed by atoms with Crippen molar-refractivity contribution in [2.24, 2.45) is 17.8 Å². The van der Waals surface area contributed by atoms with Gasteiger partial charge in [0.1, 0.15) is 6.04 Å². The highest BCUT2D eigenvalue weighted by Crippen LogP contribution is 2.55. The van der Waals surface area contributed by atoms with Crippen LogP contribution in [0, 0.1) is 24.7 Å². The molecule has 35 heavy (non-hydrogen) atoms. The summed E-state index contributed by atoms with van der Waals surface area (Å²) in [5, 5.41) is 4.63. The van der Waals surface area contributed by atoms with Crippen LogP contribution in [0.25, 0.3) is 10.9 Å². The molecule has 2 heterocycles. The summed E-state index contributed by atoms with van der Waals surface area (Å²) in [6.07, 6.45) is 7.34. The molecule has 4 aliphatic carbocycles. The number of aromatic nitrogens is 1. The maximum absolute atomic E-state index is 13.9. The fraction of sp³-hybridized carbons (Fsp3) is 0.467. The van der Waals surface area contributed by atoms with Crippen LogP contribution in [0.2, 0.25) is 0 Å². The molecule has 3 aromatic rings. The van der Waals surface area contributed by atoms with E-state index in [1.165, 1.54) is 19.3 Å². The predicted octanol–water partition coefficient (Wildman–Crippen LogP) is 5.50. The van der Waals surface area contributed by atoms with E-state index in [0.29, 0.717) is 5.56 Å². The summed E-state index contributed by atoms with van der Waals surface area (Å²) in [7, 11) is 0. The van der Waals surface area contributed by atoms with Gasteiger partial charge in [-0.25, -0.2) is 0 Å². The fourth-order valence-corrected chi connectivity index (χ4v) is 8.44. The first-order valence-corrected chi connectivity index (χ1v) is 13.2. The molecule has 4 saturated carbocycles. The number of aryl methyl sites for hydroxylation is 1. The summed E-state index contributed by atoms with van der Waals surface area (Å²) in [5.41, 5.74) is 4.81. The fourth-order valence-electron chi connectivity index (χ4n) is 8.44. The van der Waals surface area contributed by atoms with Crippen molar-refractivity contribution in [1.82, 2.24) is 15.2 Å². The lowest BCUT2D eigenvalue weighted by Crippen LogP contribution is -2.62.